The average molecular weight is 288 g/mol. The van der Waals surface area contributed by atoms with E-state index in [1.54, 1.807) is 6.20 Å². The number of aromatic nitrogens is 3. The van der Waals surface area contributed by atoms with Crippen molar-refractivity contribution in [1.29, 1.82) is 0 Å². The fourth-order valence-corrected chi connectivity index (χ4v) is 1.98. The molecule has 0 spiro atoms. The zero-order chi connectivity index (χ0) is 15.8. The van der Waals surface area contributed by atoms with Crippen LogP contribution < -0.4 is 5.32 Å². The molecule has 0 fully saturated rings. The molecule has 1 unspecified atom stereocenters. The molecule has 116 valence electrons. The van der Waals surface area contributed by atoms with Crippen molar-refractivity contribution in [1.82, 2.24) is 14.6 Å². The summed E-state index contributed by atoms with van der Waals surface area (Å²) in [4.78, 5) is 4.48. The van der Waals surface area contributed by atoms with Crippen LogP contribution in [0.2, 0.25) is 0 Å². The van der Waals surface area contributed by atoms with E-state index in [0.717, 1.165) is 23.6 Å². The van der Waals surface area contributed by atoms with Gasteiger partial charge in [0.2, 0.25) is 0 Å². The molecule has 1 N–H and O–H groups in total. The van der Waals surface area contributed by atoms with Gasteiger partial charge in [0.25, 0.3) is 0 Å². The number of nitrogens with one attached hydrogen (secondary N) is 1. The number of hydrogen-bond acceptors (Lipinski definition) is 3. The summed E-state index contributed by atoms with van der Waals surface area (Å²) in [7, 11) is 0. The van der Waals surface area contributed by atoms with E-state index < -0.39 is 0 Å². The highest BCUT2D eigenvalue weighted by atomic mass is 15.2. The van der Waals surface area contributed by atoms with Gasteiger partial charge >= 0.3 is 0 Å². The highest BCUT2D eigenvalue weighted by Crippen LogP contribution is 2.27. The van der Waals surface area contributed by atoms with Crippen molar-refractivity contribution in [3.05, 3.63) is 24.2 Å². The maximum absolute atomic E-state index is 4.66. The lowest BCUT2D eigenvalue weighted by atomic mass is 9.82. The predicted octanol–water partition coefficient (Wildman–Crippen LogP) is 4.12. The number of nitrogens with zero attached hydrogens (tertiary/aromatic N) is 3. The summed E-state index contributed by atoms with van der Waals surface area (Å²) in [5, 5.41) is 8.14. The molecule has 4 nitrogen and oxygen atoms in total. The molecule has 0 saturated heterocycles. The van der Waals surface area contributed by atoms with Gasteiger partial charge in [0.05, 0.1) is 5.69 Å². The predicted molar refractivity (Wildman–Crippen MR) is 88.8 cm³/mol. The van der Waals surface area contributed by atoms with Gasteiger partial charge in [0, 0.05) is 24.4 Å². The summed E-state index contributed by atoms with van der Waals surface area (Å²) >= 11 is 0. The first-order chi connectivity index (χ1) is 9.59. The van der Waals surface area contributed by atoms with E-state index >= 15 is 0 Å². The van der Waals surface area contributed by atoms with Crippen molar-refractivity contribution in [2.45, 2.75) is 53.9 Å². The first-order valence-corrected chi connectivity index (χ1v) is 7.68. The van der Waals surface area contributed by atoms with Crippen LogP contribution in [0.5, 0.6) is 0 Å². The normalized spacial score (nSPS) is 14.4. The first-order valence-electron chi connectivity index (χ1n) is 7.68. The Morgan fingerprint density at radius 2 is 1.86 bits per heavy atom. The Labute approximate surface area is 128 Å². The number of fused-ring (bicyclic) bond motifs is 1. The third-order valence-electron chi connectivity index (χ3n) is 4.21. The molecule has 2 aromatic rings. The van der Waals surface area contributed by atoms with Crippen LogP contribution in [0.25, 0.3) is 5.52 Å². The number of rotatable bonds is 3. The Morgan fingerprint density at radius 3 is 2.43 bits per heavy atom. The Kier molecular flexibility index (Phi) is 4.00. The van der Waals surface area contributed by atoms with Crippen molar-refractivity contribution in [2.24, 2.45) is 11.3 Å². The summed E-state index contributed by atoms with van der Waals surface area (Å²) in [6, 6.07) is 2.14. The maximum Gasteiger partial charge on any atom is 0.152 e. The molecule has 0 bridgehead atoms. The van der Waals surface area contributed by atoms with Gasteiger partial charge < -0.3 is 5.32 Å². The Bertz CT molecular complexity index is 614. The molecule has 0 aliphatic heterocycles. The second-order valence-corrected chi connectivity index (χ2v) is 8.03. The molecule has 2 rings (SSSR count). The second kappa shape index (κ2) is 5.32. The Hall–Kier alpha value is -1.58. The fourth-order valence-electron chi connectivity index (χ4n) is 1.98. The van der Waals surface area contributed by atoms with Crippen LogP contribution in [-0.2, 0) is 5.41 Å². The first kappa shape index (κ1) is 15.8. The zero-order valence-corrected chi connectivity index (χ0v) is 14.4. The van der Waals surface area contributed by atoms with Crippen LogP contribution in [0.15, 0.2) is 18.5 Å². The van der Waals surface area contributed by atoms with Gasteiger partial charge in [-0.3, -0.25) is 0 Å². The molecule has 0 aliphatic carbocycles. The molecule has 0 saturated carbocycles. The third kappa shape index (κ3) is 3.55. The zero-order valence-electron chi connectivity index (χ0n) is 14.4. The minimum Gasteiger partial charge on any atom is -0.368 e. The van der Waals surface area contributed by atoms with Crippen molar-refractivity contribution in [3.63, 3.8) is 0 Å². The Morgan fingerprint density at radius 1 is 1.19 bits per heavy atom. The van der Waals surface area contributed by atoms with Crippen LogP contribution in [0.3, 0.4) is 0 Å². The molecule has 21 heavy (non-hydrogen) atoms. The lowest BCUT2D eigenvalue weighted by Gasteiger charge is -2.27. The quantitative estimate of drug-likeness (QED) is 0.923. The maximum atomic E-state index is 4.66. The van der Waals surface area contributed by atoms with Crippen LogP contribution in [-0.4, -0.2) is 21.1 Å². The topological polar surface area (TPSA) is 42.2 Å². The molecular weight excluding hydrogens is 260 g/mol. The van der Waals surface area contributed by atoms with E-state index in [1.807, 2.05) is 10.7 Å². The van der Waals surface area contributed by atoms with E-state index in [-0.39, 0.29) is 10.8 Å². The summed E-state index contributed by atoms with van der Waals surface area (Å²) in [5.41, 5.74) is 2.46. The molecular formula is C17H28N4. The van der Waals surface area contributed by atoms with Gasteiger partial charge in [0.15, 0.2) is 5.82 Å². The highest BCUT2D eigenvalue weighted by Gasteiger charge is 2.21. The standard InChI is InChI=1S/C17H28N4/c1-12(16(2,3)4)11-19-15-13-10-14(17(5,6)7)20-21(13)9-8-18-15/h8-10,12H,11H2,1-7H3,(H,18,19). The van der Waals surface area contributed by atoms with E-state index in [4.69, 9.17) is 0 Å². The molecule has 1 atom stereocenters. The van der Waals surface area contributed by atoms with E-state index in [0.29, 0.717) is 5.92 Å². The highest BCUT2D eigenvalue weighted by molar-refractivity contribution is 5.68. The van der Waals surface area contributed by atoms with Crippen molar-refractivity contribution >= 4 is 11.3 Å². The minimum atomic E-state index is 0.0436. The van der Waals surface area contributed by atoms with Crippen molar-refractivity contribution in [3.8, 4) is 0 Å². The summed E-state index contributed by atoms with van der Waals surface area (Å²) in [6.07, 6.45) is 3.71. The summed E-state index contributed by atoms with van der Waals surface area (Å²) in [5.74, 6) is 1.47. The monoisotopic (exact) mass is 288 g/mol. The third-order valence-corrected chi connectivity index (χ3v) is 4.21. The molecule has 0 radical (unpaired) electrons. The molecule has 0 aromatic carbocycles. The smallest absolute Gasteiger partial charge is 0.152 e. The molecule has 0 aliphatic rings. The van der Waals surface area contributed by atoms with Crippen molar-refractivity contribution < 1.29 is 0 Å². The lowest BCUT2D eigenvalue weighted by Crippen LogP contribution is -2.25. The largest absolute Gasteiger partial charge is 0.368 e. The molecule has 4 heteroatoms. The van der Waals surface area contributed by atoms with E-state index in [1.165, 1.54) is 0 Å². The van der Waals surface area contributed by atoms with Crippen LogP contribution in [0, 0.1) is 11.3 Å². The van der Waals surface area contributed by atoms with Crippen LogP contribution >= 0.6 is 0 Å². The van der Waals surface area contributed by atoms with Gasteiger partial charge in [-0.25, -0.2) is 9.50 Å². The van der Waals surface area contributed by atoms with Crippen LogP contribution in [0.4, 0.5) is 5.82 Å². The second-order valence-electron chi connectivity index (χ2n) is 8.03. The van der Waals surface area contributed by atoms with Gasteiger partial charge in [-0.1, -0.05) is 48.5 Å². The van der Waals surface area contributed by atoms with Crippen LogP contribution in [0.1, 0.15) is 54.2 Å². The van der Waals surface area contributed by atoms with E-state index in [9.17, 15) is 0 Å². The van der Waals surface area contributed by atoms with Crippen molar-refractivity contribution in [2.75, 3.05) is 11.9 Å². The average Bonchev–Trinajstić information content (AvgIpc) is 2.78. The lowest BCUT2D eigenvalue weighted by molar-refractivity contribution is 0.274. The van der Waals surface area contributed by atoms with Gasteiger partial charge in [-0.15, -0.1) is 0 Å². The summed E-state index contributed by atoms with van der Waals surface area (Å²) < 4.78 is 1.91. The fraction of sp³-hybridized carbons (Fsp3) is 0.647. The SMILES string of the molecule is CC(CNc1nccn2nc(C(C)(C)C)cc12)C(C)(C)C. The molecule has 2 aromatic heterocycles. The molecule has 0 amide bonds. The van der Waals surface area contributed by atoms with Gasteiger partial charge in [-0.2, -0.15) is 5.10 Å². The van der Waals surface area contributed by atoms with E-state index in [2.05, 4.69) is 69.9 Å². The van der Waals surface area contributed by atoms with Gasteiger partial charge in [-0.05, 0) is 17.4 Å². The number of hydrogen-bond donors (Lipinski definition) is 1. The minimum absolute atomic E-state index is 0.0436. The van der Waals surface area contributed by atoms with Gasteiger partial charge in [0.1, 0.15) is 5.52 Å². The number of anilines is 1. The summed E-state index contributed by atoms with van der Waals surface area (Å²) in [6.45, 7) is 16.5. The molecule has 2 heterocycles. The Balaban J connectivity index is 2.26.